The summed E-state index contributed by atoms with van der Waals surface area (Å²) in [5, 5.41) is 6.46. The Hall–Kier alpha value is -2.69. The van der Waals surface area contributed by atoms with E-state index < -0.39 is 15.8 Å². The van der Waals surface area contributed by atoms with Gasteiger partial charge in [0.25, 0.3) is 0 Å². The maximum absolute atomic E-state index is 2.33. The molecule has 4 aromatic rings. The molecule has 0 N–H and O–H groups in total. The minimum atomic E-state index is -1.15. The van der Waals surface area contributed by atoms with E-state index in [2.05, 4.69) is 128 Å². The second kappa shape index (κ2) is 9.89. The zero-order valence-electron chi connectivity index (χ0n) is 21.9. The molecule has 4 aromatic carbocycles. The van der Waals surface area contributed by atoms with E-state index in [4.69, 9.17) is 0 Å². The molecule has 0 fully saturated rings. The molecule has 0 aromatic heterocycles. The first kappa shape index (κ1) is 24.4. The van der Waals surface area contributed by atoms with E-state index in [1.54, 1.807) is 20.7 Å². The summed E-state index contributed by atoms with van der Waals surface area (Å²) in [5.41, 5.74) is 11.5. The highest BCUT2D eigenvalue weighted by Crippen LogP contribution is 2.11. The Labute approximate surface area is 208 Å². The highest BCUT2D eigenvalue weighted by Gasteiger charge is 2.26. The van der Waals surface area contributed by atoms with Crippen molar-refractivity contribution in [2.24, 2.45) is 0 Å². The van der Waals surface area contributed by atoms with Crippen LogP contribution in [0.4, 0.5) is 0 Å². The van der Waals surface area contributed by atoms with Crippen LogP contribution in [0.15, 0.2) is 72.8 Å². The van der Waals surface area contributed by atoms with Crippen molar-refractivity contribution < 1.29 is 0 Å². The van der Waals surface area contributed by atoms with Gasteiger partial charge in [-0.3, -0.25) is 0 Å². The second-order valence-electron chi connectivity index (χ2n) is 9.82. The van der Waals surface area contributed by atoms with Crippen molar-refractivity contribution in [1.29, 1.82) is 0 Å². The highest BCUT2D eigenvalue weighted by atomic mass is 28.9. The fraction of sp³-hybridized carbons (Fsp3) is 0.250. The molecular weight excluding hydrogens is 441 g/mol. The molecule has 2 heteroatoms. The molecular formula is C32H36Si2. The van der Waals surface area contributed by atoms with E-state index >= 15 is 0 Å². The molecule has 0 saturated carbocycles. The minimum absolute atomic E-state index is 1.15. The predicted octanol–water partition coefficient (Wildman–Crippen LogP) is 5.15. The topological polar surface area (TPSA) is 0 Å². The van der Waals surface area contributed by atoms with Gasteiger partial charge in [-0.25, -0.2) is 0 Å². The van der Waals surface area contributed by atoms with Gasteiger partial charge in [0.05, 0.1) is 15.8 Å². The predicted molar refractivity (Wildman–Crippen MR) is 154 cm³/mol. The summed E-state index contributed by atoms with van der Waals surface area (Å²) in [6, 6.07) is 27.5. The van der Waals surface area contributed by atoms with Crippen LogP contribution < -0.4 is 20.7 Å². The lowest BCUT2D eigenvalue weighted by molar-refractivity contribution is 1.40. The normalized spacial score (nSPS) is 10.9. The van der Waals surface area contributed by atoms with Crippen molar-refractivity contribution in [2.45, 2.75) is 55.4 Å². The average Bonchev–Trinajstić information content (AvgIpc) is 2.76. The average molecular weight is 477 g/mol. The molecule has 0 saturated heterocycles. The number of rotatable bonds is 4. The fourth-order valence-corrected chi connectivity index (χ4v) is 18.6. The Morgan fingerprint density at radius 3 is 0.588 bits per heavy atom. The molecule has 0 bridgehead atoms. The summed E-state index contributed by atoms with van der Waals surface area (Å²) in [7, 11) is -2.30. The van der Waals surface area contributed by atoms with Gasteiger partial charge in [-0.15, -0.1) is 0 Å². The third-order valence-electron chi connectivity index (χ3n) is 7.17. The standard InChI is InChI=1S/C32H36Si2/c1-21-13-9-14-22(2)29(21)33(30-23(3)15-10-16-24(30)4)34(31-25(5)17-11-18-26(31)6)32-27(7)19-12-20-28(32)8/h9-20H,1-8H3. The third kappa shape index (κ3) is 4.37. The van der Waals surface area contributed by atoms with Crippen molar-refractivity contribution in [3.63, 3.8) is 0 Å². The fourth-order valence-electron chi connectivity index (χ4n) is 5.59. The maximum atomic E-state index is 2.33. The van der Waals surface area contributed by atoms with Gasteiger partial charge in [0.15, 0.2) is 0 Å². The van der Waals surface area contributed by atoms with E-state index in [9.17, 15) is 0 Å². The van der Waals surface area contributed by atoms with Gasteiger partial charge in [-0.2, -0.15) is 0 Å². The summed E-state index contributed by atoms with van der Waals surface area (Å²) in [6.45, 7) is 18.6. The first-order valence-electron chi connectivity index (χ1n) is 12.2. The van der Waals surface area contributed by atoms with Crippen LogP contribution in [0, 0.1) is 55.4 Å². The number of aryl methyl sites for hydroxylation is 8. The van der Waals surface area contributed by atoms with Crippen molar-refractivity contribution in [2.75, 3.05) is 0 Å². The summed E-state index contributed by atoms with van der Waals surface area (Å²) in [5.74, 6) is 0. The van der Waals surface area contributed by atoms with Crippen molar-refractivity contribution in [1.82, 2.24) is 0 Å². The highest BCUT2D eigenvalue weighted by molar-refractivity contribution is 7.20. The first-order chi connectivity index (χ1) is 16.2. The minimum Gasteiger partial charge on any atom is -0.0617 e. The zero-order chi connectivity index (χ0) is 24.6. The van der Waals surface area contributed by atoms with Crippen LogP contribution >= 0.6 is 0 Å². The number of benzene rings is 4. The van der Waals surface area contributed by atoms with Crippen LogP contribution in [0.2, 0.25) is 0 Å². The molecule has 0 heterocycles. The van der Waals surface area contributed by atoms with E-state index in [0.29, 0.717) is 0 Å². The van der Waals surface area contributed by atoms with Gasteiger partial charge in [0.1, 0.15) is 0 Å². The molecule has 0 nitrogen and oxygen atoms in total. The van der Waals surface area contributed by atoms with E-state index in [1.807, 2.05) is 0 Å². The Balaban J connectivity index is 2.37. The lowest BCUT2D eigenvalue weighted by Crippen LogP contribution is -2.56. The second-order valence-corrected chi connectivity index (χ2v) is 16.3. The zero-order valence-corrected chi connectivity index (χ0v) is 23.9. The maximum Gasteiger partial charge on any atom is 0.0700 e. The lowest BCUT2D eigenvalue weighted by Gasteiger charge is -2.26. The quantitative estimate of drug-likeness (QED) is 0.357. The molecule has 0 amide bonds. The van der Waals surface area contributed by atoms with E-state index in [-0.39, 0.29) is 0 Å². The summed E-state index contributed by atoms with van der Waals surface area (Å²) < 4.78 is 0. The lowest BCUT2D eigenvalue weighted by atomic mass is 10.1. The van der Waals surface area contributed by atoms with E-state index in [1.165, 1.54) is 44.5 Å². The molecule has 172 valence electrons. The van der Waals surface area contributed by atoms with Gasteiger partial charge in [-0.1, -0.05) is 72.8 Å². The van der Waals surface area contributed by atoms with Crippen molar-refractivity contribution in [3.8, 4) is 0 Å². The molecule has 0 aliphatic heterocycles. The SMILES string of the molecule is Cc1cccc(C)c1[Si](c1c(C)cccc1C)=[Si](c1c(C)cccc1C)c1c(C)cccc1C. The van der Waals surface area contributed by atoms with Crippen LogP contribution in [0.3, 0.4) is 0 Å². The summed E-state index contributed by atoms with van der Waals surface area (Å²) >= 11 is 0. The molecule has 4 rings (SSSR count). The summed E-state index contributed by atoms with van der Waals surface area (Å²) in [6.07, 6.45) is 0. The molecule has 34 heavy (non-hydrogen) atoms. The smallest absolute Gasteiger partial charge is 0.0617 e. The molecule has 0 aliphatic carbocycles. The molecule has 0 atom stereocenters. The van der Waals surface area contributed by atoms with E-state index in [0.717, 1.165) is 0 Å². The van der Waals surface area contributed by atoms with Gasteiger partial charge in [0.2, 0.25) is 0 Å². The van der Waals surface area contributed by atoms with Crippen molar-refractivity contribution in [3.05, 3.63) is 117 Å². The Kier molecular flexibility index (Phi) is 7.11. The molecule has 0 spiro atoms. The van der Waals surface area contributed by atoms with Crippen LogP contribution in [0.25, 0.3) is 0 Å². The Morgan fingerprint density at radius 2 is 0.441 bits per heavy atom. The van der Waals surface area contributed by atoms with Gasteiger partial charge in [-0.05, 0) is 121 Å². The first-order valence-corrected chi connectivity index (χ1v) is 16.2. The van der Waals surface area contributed by atoms with Crippen LogP contribution in [-0.4, -0.2) is 15.8 Å². The van der Waals surface area contributed by atoms with Crippen molar-refractivity contribution >= 4 is 36.5 Å². The number of hydrogen-bond donors (Lipinski definition) is 0. The van der Waals surface area contributed by atoms with Crippen LogP contribution in [0.1, 0.15) is 44.5 Å². The number of hydrogen-bond acceptors (Lipinski definition) is 0. The summed E-state index contributed by atoms with van der Waals surface area (Å²) in [4.78, 5) is 0. The van der Waals surface area contributed by atoms with Crippen LogP contribution in [0.5, 0.6) is 0 Å². The van der Waals surface area contributed by atoms with Crippen LogP contribution in [-0.2, 0) is 0 Å². The molecule has 0 unspecified atom stereocenters. The third-order valence-corrected chi connectivity index (χ3v) is 17.3. The Morgan fingerprint density at radius 1 is 0.294 bits per heavy atom. The van der Waals surface area contributed by atoms with Gasteiger partial charge >= 0.3 is 0 Å². The molecule has 0 aliphatic rings. The molecule has 0 radical (unpaired) electrons. The Bertz CT molecular complexity index is 1130. The van der Waals surface area contributed by atoms with Gasteiger partial charge < -0.3 is 0 Å². The monoisotopic (exact) mass is 476 g/mol. The van der Waals surface area contributed by atoms with Gasteiger partial charge in [0, 0.05) is 0 Å². The largest absolute Gasteiger partial charge is 0.0700 e.